The fourth-order valence-corrected chi connectivity index (χ4v) is 1.18. The van der Waals surface area contributed by atoms with Gasteiger partial charge in [0.15, 0.2) is 0 Å². The van der Waals surface area contributed by atoms with Crippen LogP contribution in [0, 0.1) is 6.07 Å². The van der Waals surface area contributed by atoms with Crippen molar-refractivity contribution in [3.05, 3.63) is 34.9 Å². The molecular weight excluding hydrogens is 218 g/mol. The van der Waals surface area contributed by atoms with Gasteiger partial charge in [-0.05, 0) is 18.2 Å². The van der Waals surface area contributed by atoms with E-state index < -0.39 is 5.97 Å². The molecule has 0 aromatic heterocycles. The van der Waals surface area contributed by atoms with Crippen LogP contribution in [0.3, 0.4) is 0 Å². The van der Waals surface area contributed by atoms with Gasteiger partial charge in [-0.2, -0.15) is 0 Å². The second-order valence-corrected chi connectivity index (χ2v) is 3.21. The van der Waals surface area contributed by atoms with E-state index in [0.29, 0.717) is 10.6 Å². The summed E-state index contributed by atoms with van der Waals surface area (Å²) in [6.07, 6.45) is -0.109. The molecule has 0 atom stereocenters. The lowest BCUT2D eigenvalue weighted by molar-refractivity contribution is -0.136. The van der Waals surface area contributed by atoms with Crippen LogP contribution in [0.1, 0.15) is 16.8 Å². The number of amides is 1. The molecule has 0 aliphatic heterocycles. The predicted octanol–water partition coefficient (Wildman–Crippen LogP) is 1.34. The molecule has 4 nitrogen and oxygen atoms in total. The zero-order chi connectivity index (χ0) is 11.3. The number of carboxylic acid groups (broad SMARTS) is 1. The van der Waals surface area contributed by atoms with E-state index in [1.807, 2.05) is 0 Å². The number of aliphatic carboxylic acids is 1. The molecule has 0 unspecified atom stereocenters. The summed E-state index contributed by atoms with van der Waals surface area (Å²) >= 11 is 5.75. The molecule has 0 aliphatic carbocycles. The van der Waals surface area contributed by atoms with E-state index >= 15 is 0 Å². The number of carboxylic acids is 1. The molecule has 0 saturated carbocycles. The van der Waals surface area contributed by atoms with Gasteiger partial charge in [-0.25, -0.2) is 0 Å². The van der Waals surface area contributed by atoms with Gasteiger partial charge in [-0.1, -0.05) is 17.7 Å². The van der Waals surface area contributed by atoms with Crippen molar-refractivity contribution in [2.24, 2.45) is 0 Å². The summed E-state index contributed by atoms with van der Waals surface area (Å²) in [6, 6.07) is 7.30. The van der Waals surface area contributed by atoms with Crippen LogP contribution >= 0.6 is 11.6 Å². The van der Waals surface area contributed by atoms with Crippen molar-refractivity contribution < 1.29 is 14.7 Å². The summed E-state index contributed by atoms with van der Waals surface area (Å²) in [5, 5.41) is 11.1. The van der Waals surface area contributed by atoms with Gasteiger partial charge in [0.2, 0.25) is 0 Å². The number of nitrogens with one attached hydrogen (secondary N) is 1. The molecule has 5 heteroatoms. The molecule has 1 amide bonds. The number of benzene rings is 1. The van der Waals surface area contributed by atoms with E-state index in [9.17, 15) is 9.59 Å². The van der Waals surface area contributed by atoms with Crippen LogP contribution < -0.4 is 5.32 Å². The van der Waals surface area contributed by atoms with Gasteiger partial charge in [-0.15, -0.1) is 0 Å². The van der Waals surface area contributed by atoms with Crippen LogP contribution in [-0.4, -0.2) is 23.5 Å². The molecule has 1 radical (unpaired) electrons. The molecule has 0 bridgehead atoms. The van der Waals surface area contributed by atoms with Crippen molar-refractivity contribution in [1.29, 1.82) is 0 Å². The fraction of sp³-hybridized carbons (Fsp3) is 0.200. The van der Waals surface area contributed by atoms with Crippen LogP contribution in [0.2, 0.25) is 5.02 Å². The lowest BCUT2D eigenvalue weighted by atomic mass is 10.2. The first-order chi connectivity index (χ1) is 7.11. The van der Waals surface area contributed by atoms with Crippen LogP contribution in [0.15, 0.2) is 18.2 Å². The highest BCUT2D eigenvalue weighted by molar-refractivity contribution is 6.33. The highest BCUT2D eigenvalue weighted by Gasteiger charge is 2.08. The monoisotopic (exact) mass is 226 g/mol. The summed E-state index contributed by atoms with van der Waals surface area (Å²) in [4.78, 5) is 21.6. The zero-order valence-corrected chi connectivity index (χ0v) is 8.54. The number of halogens is 1. The third-order valence-electron chi connectivity index (χ3n) is 1.68. The maximum absolute atomic E-state index is 11.4. The Morgan fingerprint density at radius 3 is 2.87 bits per heavy atom. The summed E-state index contributed by atoms with van der Waals surface area (Å²) < 4.78 is 0. The number of rotatable bonds is 4. The average Bonchev–Trinajstić information content (AvgIpc) is 2.17. The molecule has 0 aliphatic rings. The highest BCUT2D eigenvalue weighted by Crippen LogP contribution is 2.13. The van der Waals surface area contributed by atoms with Crippen molar-refractivity contribution >= 4 is 23.5 Å². The average molecular weight is 227 g/mol. The minimum Gasteiger partial charge on any atom is -0.481 e. The van der Waals surface area contributed by atoms with Crippen molar-refractivity contribution in [1.82, 2.24) is 5.32 Å². The lowest BCUT2D eigenvalue weighted by Crippen LogP contribution is -2.26. The number of hydrogen-bond acceptors (Lipinski definition) is 2. The first-order valence-corrected chi connectivity index (χ1v) is 4.64. The molecule has 1 rings (SSSR count). The molecule has 15 heavy (non-hydrogen) atoms. The van der Waals surface area contributed by atoms with Gasteiger partial charge >= 0.3 is 5.97 Å². The molecule has 0 fully saturated rings. The zero-order valence-electron chi connectivity index (χ0n) is 7.79. The Bertz CT molecular complexity index is 379. The highest BCUT2D eigenvalue weighted by atomic mass is 35.5. The smallest absolute Gasteiger partial charge is 0.305 e. The fourth-order valence-electron chi connectivity index (χ4n) is 0.972. The molecular formula is C10H9ClNO3. The third kappa shape index (κ3) is 3.59. The Balaban J connectivity index is 2.54. The van der Waals surface area contributed by atoms with Crippen LogP contribution in [-0.2, 0) is 4.79 Å². The summed E-state index contributed by atoms with van der Waals surface area (Å²) in [5.74, 6) is -1.34. The SMILES string of the molecule is O=C(O)CCNC(=O)c1cc[c]cc1Cl. The Morgan fingerprint density at radius 1 is 1.53 bits per heavy atom. The Morgan fingerprint density at radius 2 is 2.27 bits per heavy atom. The summed E-state index contributed by atoms with van der Waals surface area (Å²) in [5.41, 5.74) is 0.320. The molecule has 1 aromatic carbocycles. The van der Waals surface area contributed by atoms with Gasteiger partial charge in [0.1, 0.15) is 0 Å². The predicted molar refractivity (Wildman–Crippen MR) is 54.9 cm³/mol. The summed E-state index contributed by atoms with van der Waals surface area (Å²) in [6.45, 7) is 0.0864. The largest absolute Gasteiger partial charge is 0.481 e. The number of hydrogen-bond donors (Lipinski definition) is 2. The van der Waals surface area contributed by atoms with Gasteiger partial charge in [0, 0.05) is 6.54 Å². The lowest BCUT2D eigenvalue weighted by Gasteiger charge is -2.04. The first-order valence-electron chi connectivity index (χ1n) is 4.27. The minimum absolute atomic E-state index is 0.0864. The molecule has 0 saturated heterocycles. The number of carbonyl (C=O) groups is 2. The second-order valence-electron chi connectivity index (χ2n) is 2.81. The molecule has 79 valence electrons. The van der Waals surface area contributed by atoms with Crippen LogP contribution in [0.4, 0.5) is 0 Å². The topological polar surface area (TPSA) is 66.4 Å². The van der Waals surface area contributed by atoms with E-state index in [-0.39, 0.29) is 18.9 Å². The standard InChI is InChI=1S/C10H9ClNO3/c11-8-4-2-1-3-7(8)10(15)12-6-5-9(13)14/h1,3-4H,5-6H2,(H,12,15)(H,13,14). The first kappa shape index (κ1) is 11.5. The van der Waals surface area contributed by atoms with E-state index in [2.05, 4.69) is 11.4 Å². The quantitative estimate of drug-likeness (QED) is 0.814. The summed E-state index contributed by atoms with van der Waals surface area (Å²) in [7, 11) is 0. The maximum atomic E-state index is 11.4. The molecule has 0 spiro atoms. The molecule has 1 aromatic rings. The second kappa shape index (κ2) is 5.36. The van der Waals surface area contributed by atoms with E-state index in [4.69, 9.17) is 16.7 Å². The number of carbonyl (C=O) groups excluding carboxylic acids is 1. The minimum atomic E-state index is -0.956. The van der Waals surface area contributed by atoms with Crippen molar-refractivity contribution in [3.8, 4) is 0 Å². The van der Waals surface area contributed by atoms with E-state index in [1.54, 1.807) is 6.07 Å². The Labute approximate surface area is 91.9 Å². The normalized spacial score (nSPS) is 9.67. The molecule has 0 heterocycles. The van der Waals surface area contributed by atoms with E-state index in [0.717, 1.165) is 0 Å². The van der Waals surface area contributed by atoms with Gasteiger partial charge in [-0.3, -0.25) is 9.59 Å². The van der Waals surface area contributed by atoms with E-state index in [1.165, 1.54) is 12.1 Å². The van der Waals surface area contributed by atoms with Gasteiger partial charge in [0.05, 0.1) is 17.0 Å². The third-order valence-corrected chi connectivity index (χ3v) is 2.00. The molecule has 2 N–H and O–H groups in total. The Kier molecular flexibility index (Phi) is 4.12. The van der Waals surface area contributed by atoms with Crippen molar-refractivity contribution in [2.45, 2.75) is 6.42 Å². The van der Waals surface area contributed by atoms with Crippen molar-refractivity contribution in [2.75, 3.05) is 6.54 Å². The van der Waals surface area contributed by atoms with Crippen molar-refractivity contribution in [3.63, 3.8) is 0 Å². The van der Waals surface area contributed by atoms with Gasteiger partial charge < -0.3 is 10.4 Å². The van der Waals surface area contributed by atoms with Gasteiger partial charge in [0.25, 0.3) is 5.91 Å². The van der Waals surface area contributed by atoms with Crippen LogP contribution in [0.25, 0.3) is 0 Å². The Hall–Kier alpha value is -1.55. The maximum Gasteiger partial charge on any atom is 0.305 e. The van der Waals surface area contributed by atoms with Crippen LogP contribution in [0.5, 0.6) is 0 Å².